The van der Waals surface area contributed by atoms with E-state index in [2.05, 4.69) is 0 Å². The van der Waals surface area contributed by atoms with Crippen molar-refractivity contribution >= 4 is 11.6 Å². The Morgan fingerprint density at radius 1 is 1.10 bits per heavy atom. The van der Waals surface area contributed by atoms with Crippen LogP contribution in [0.4, 0.5) is 0 Å². The van der Waals surface area contributed by atoms with Crippen LogP contribution >= 0.6 is 11.6 Å². The molecule has 20 heavy (non-hydrogen) atoms. The zero-order valence-electron chi connectivity index (χ0n) is 11.5. The normalized spacial score (nSPS) is 12.0. The third kappa shape index (κ3) is 3.24. The average Bonchev–Trinajstić information content (AvgIpc) is 2.47. The van der Waals surface area contributed by atoms with E-state index in [0.29, 0.717) is 22.8 Å². The number of benzene rings is 2. The lowest BCUT2D eigenvalue weighted by atomic mass is 10.0. The first-order valence-corrected chi connectivity index (χ1v) is 6.67. The van der Waals surface area contributed by atoms with Gasteiger partial charge in [0.25, 0.3) is 0 Å². The number of aliphatic hydroxyl groups is 1. The Bertz CT molecular complexity index is 584. The molecule has 106 valence electrons. The molecule has 0 fully saturated rings. The second-order valence-corrected chi connectivity index (χ2v) is 4.83. The third-order valence-electron chi connectivity index (χ3n) is 3.17. The van der Waals surface area contributed by atoms with Crippen molar-refractivity contribution in [2.75, 3.05) is 14.2 Å². The maximum Gasteiger partial charge on any atom is 0.122 e. The van der Waals surface area contributed by atoms with Crippen molar-refractivity contribution in [3.63, 3.8) is 0 Å². The Morgan fingerprint density at radius 3 is 2.50 bits per heavy atom. The van der Waals surface area contributed by atoms with Gasteiger partial charge in [-0.3, -0.25) is 0 Å². The van der Waals surface area contributed by atoms with E-state index in [-0.39, 0.29) is 0 Å². The molecule has 2 rings (SSSR count). The molecule has 0 radical (unpaired) electrons. The Morgan fingerprint density at radius 2 is 1.85 bits per heavy atom. The van der Waals surface area contributed by atoms with Gasteiger partial charge in [0, 0.05) is 6.42 Å². The monoisotopic (exact) mass is 292 g/mol. The summed E-state index contributed by atoms with van der Waals surface area (Å²) < 4.78 is 10.4. The second-order valence-electron chi connectivity index (χ2n) is 4.42. The molecule has 0 saturated carbocycles. The fraction of sp³-hybridized carbons (Fsp3) is 0.250. The number of para-hydroxylation sites is 1. The van der Waals surface area contributed by atoms with Crippen LogP contribution in [0.15, 0.2) is 42.5 Å². The summed E-state index contributed by atoms with van der Waals surface area (Å²) >= 11 is 6.17. The number of rotatable bonds is 5. The molecule has 0 spiro atoms. The number of ether oxygens (including phenoxy) is 2. The second kappa shape index (κ2) is 6.64. The van der Waals surface area contributed by atoms with Crippen molar-refractivity contribution < 1.29 is 14.6 Å². The molecule has 0 bridgehead atoms. The summed E-state index contributed by atoms with van der Waals surface area (Å²) in [5.74, 6) is 1.43. The minimum atomic E-state index is -0.690. The van der Waals surface area contributed by atoms with Crippen molar-refractivity contribution in [2.24, 2.45) is 0 Å². The van der Waals surface area contributed by atoms with Crippen molar-refractivity contribution in [3.8, 4) is 11.5 Å². The van der Waals surface area contributed by atoms with Gasteiger partial charge in [-0.2, -0.15) is 0 Å². The minimum absolute atomic E-state index is 0.441. The SMILES string of the molecule is COc1ccc(C(O)Cc2ccccc2OC)c(Cl)c1. The van der Waals surface area contributed by atoms with Crippen LogP contribution < -0.4 is 9.47 Å². The maximum atomic E-state index is 10.4. The van der Waals surface area contributed by atoms with Crippen LogP contribution in [0, 0.1) is 0 Å². The highest BCUT2D eigenvalue weighted by Gasteiger charge is 2.15. The quantitative estimate of drug-likeness (QED) is 0.914. The number of methoxy groups -OCH3 is 2. The summed E-state index contributed by atoms with van der Waals surface area (Å²) in [6.07, 6.45) is -0.250. The predicted octanol–water partition coefficient (Wildman–Crippen LogP) is 3.63. The first-order valence-electron chi connectivity index (χ1n) is 6.29. The van der Waals surface area contributed by atoms with Crippen LogP contribution in [0.3, 0.4) is 0 Å². The van der Waals surface area contributed by atoms with Gasteiger partial charge in [-0.1, -0.05) is 35.9 Å². The van der Waals surface area contributed by atoms with Gasteiger partial charge < -0.3 is 14.6 Å². The van der Waals surface area contributed by atoms with Crippen LogP contribution in [0.1, 0.15) is 17.2 Å². The van der Waals surface area contributed by atoms with E-state index in [4.69, 9.17) is 21.1 Å². The number of hydrogen-bond acceptors (Lipinski definition) is 3. The van der Waals surface area contributed by atoms with Crippen LogP contribution in [0.2, 0.25) is 5.02 Å². The molecule has 1 atom stereocenters. The Kier molecular flexibility index (Phi) is 4.88. The molecular formula is C16H17ClO3. The van der Waals surface area contributed by atoms with E-state index in [1.807, 2.05) is 24.3 Å². The lowest BCUT2D eigenvalue weighted by Gasteiger charge is -2.15. The first kappa shape index (κ1) is 14.7. The van der Waals surface area contributed by atoms with E-state index in [1.54, 1.807) is 32.4 Å². The largest absolute Gasteiger partial charge is 0.497 e. The van der Waals surface area contributed by atoms with E-state index in [9.17, 15) is 5.11 Å². The van der Waals surface area contributed by atoms with E-state index >= 15 is 0 Å². The molecule has 4 heteroatoms. The first-order chi connectivity index (χ1) is 9.65. The van der Waals surface area contributed by atoms with Gasteiger partial charge in [0.15, 0.2) is 0 Å². The standard InChI is InChI=1S/C16H17ClO3/c1-19-12-7-8-13(14(17)10-12)15(18)9-11-5-3-4-6-16(11)20-2/h3-8,10,15,18H,9H2,1-2H3. The zero-order chi connectivity index (χ0) is 14.5. The molecule has 2 aromatic rings. The number of aliphatic hydroxyl groups excluding tert-OH is 1. The Labute approximate surface area is 123 Å². The molecule has 0 aliphatic carbocycles. The summed E-state index contributed by atoms with van der Waals surface area (Å²) in [6, 6.07) is 12.9. The van der Waals surface area contributed by atoms with Crippen molar-refractivity contribution in [1.29, 1.82) is 0 Å². The van der Waals surface area contributed by atoms with Crippen molar-refractivity contribution in [3.05, 3.63) is 58.6 Å². The molecule has 0 saturated heterocycles. The molecule has 2 aromatic carbocycles. The molecule has 0 amide bonds. The third-order valence-corrected chi connectivity index (χ3v) is 3.50. The summed E-state index contributed by atoms with van der Waals surface area (Å²) in [5.41, 5.74) is 1.62. The summed E-state index contributed by atoms with van der Waals surface area (Å²) in [5, 5.41) is 10.8. The van der Waals surface area contributed by atoms with Gasteiger partial charge >= 0.3 is 0 Å². The predicted molar refractivity (Wildman–Crippen MR) is 79.7 cm³/mol. The molecule has 0 heterocycles. The summed E-state index contributed by atoms with van der Waals surface area (Å²) in [7, 11) is 3.20. The average molecular weight is 293 g/mol. The zero-order valence-corrected chi connectivity index (χ0v) is 12.2. The highest BCUT2D eigenvalue weighted by atomic mass is 35.5. The fourth-order valence-electron chi connectivity index (χ4n) is 2.09. The lowest BCUT2D eigenvalue weighted by Crippen LogP contribution is -2.04. The van der Waals surface area contributed by atoms with Crippen LogP contribution in [-0.4, -0.2) is 19.3 Å². The van der Waals surface area contributed by atoms with Crippen LogP contribution in [-0.2, 0) is 6.42 Å². The smallest absolute Gasteiger partial charge is 0.122 e. The highest BCUT2D eigenvalue weighted by Crippen LogP contribution is 2.31. The Balaban J connectivity index is 2.21. The summed E-state index contributed by atoms with van der Waals surface area (Å²) in [6.45, 7) is 0. The van der Waals surface area contributed by atoms with Gasteiger partial charge in [-0.05, 0) is 29.3 Å². The maximum absolute atomic E-state index is 10.4. The highest BCUT2D eigenvalue weighted by molar-refractivity contribution is 6.31. The molecule has 1 unspecified atom stereocenters. The molecule has 0 aromatic heterocycles. The molecule has 3 nitrogen and oxygen atoms in total. The summed E-state index contributed by atoms with van der Waals surface area (Å²) in [4.78, 5) is 0. The van der Waals surface area contributed by atoms with Gasteiger partial charge in [0.2, 0.25) is 0 Å². The van der Waals surface area contributed by atoms with Gasteiger partial charge in [-0.15, -0.1) is 0 Å². The molecule has 1 N–H and O–H groups in total. The van der Waals surface area contributed by atoms with Crippen LogP contribution in [0.5, 0.6) is 11.5 Å². The fourth-order valence-corrected chi connectivity index (χ4v) is 2.39. The van der Waals surface area contributed by atoms with E-state index in [0.717, 1.165) is 11.3 Å². The van der Waals surface area contributed by atoms with Gasteiger partial charge in [0.05, 0.1) is 25.3 Å². The lowest BCUT2D eigenvalue weighted by molar-refractivity contribution is 0.177. The van der Waals surface area contributed by atoms with Crippen LogP contribution in [0.25, 0.3) is 0 Å². The molecule has 0 aliphatic heterocycles. The van der Waals surface area contributed by atoms with Gasteiger partial charge in [-0.25, -0.2) is 0 Å². The van der Waals surface area contributed by atoms with Gasteiger partial charge in [0.1, 0.15) is 11.5 Å². The van der Waals surface area contributed by atoms with Crippen molar-refractivity contribution in [1.82, 2.24) is 0 Å². The minimum Gasteiger partial charge on any atom is -0.497 e. The Hall–Kier alpha value is -1.71. The number of hydrogen-bond donors (Lipinski definition) is 1. The molecule has 0 aliphatic rings. The van der Waals surface area contributed by atoms with E-state index < -0.39 is 6.10 Å². The van der Waals surface area contributed by atoms with Crippen molar-refractivity contribution in [2.45, 2.75) is 12.5 Å². The topological polar surface area (TPSA) is 38.7 Å². The van der Waals surface area contributed by atoms with E-state index in [1.165, 1.54) is 0 Å². The molecular weight excluding hydrogens is 276 g/mol. The number of halogens is 1.